The SMILES string of the molecule is COc1cc(/C=C2\SC(=O)N(CC(=O)N3CCCCC3)C2=O)cc(I)c1OCc1ccccc1F. The minimum Gasteiger partial charge on any atom is -0.493 e. The van der Waals surface area contributed by atoms with E-state index >= 15 is 0 Å². The van der Waals surface area contributed by atoms with Crippen LogP contribution in [0.3, 0.4) is 0 Å². The lowest BCUT2D eigenvalue weighted by Gasteiger charge is -2.27. The van der Waals surface area contributed by atoms with Crippen LogP contribution in [0, 0.1) is 9.39 Å². The van der Waals surface area contributed by atoms with Gasteiger partial charge in [-0.15, -0.1) is 0 Å². The van der Waals surface area contributed by atoms with Crippen molar-refractivity contribution >= 4 is 57.5 Å². The summed E-state index contributed by atoms with van der Waals surface area (Å²) in [6, 6.07) is 9.84. The van der Waals surface area contributed by atoms with Crippen LogP contribution in [0.2, 0.25) is 0 Å². The number of likely N-dealkylation sites (tertiary alicyclic amines) is 1. The first-order valence-corrected chi connectivity index (χ1v) is 13.0. The molecule has 0 radical (unpaired) electrons. The van der Waals surface area contributed by atoms with Gasteiger partial charge in [0.2, 0.25) is 5.91 Å². The average Bonchev–Trinajstić information content (AvgIpc) is 3.11. The molecule has 0 atom stereocenters. The van der Waals surface area contributed by atoms with Crippen LogP contribution in [0.4, 0.5) is 9.18 Å². The van der Waals surface area contributed by atoms with Crippen LogP contribution in [-0.4, -0.2) is 53.6 Å². The molecule has 2 aliphatic rings. The number of hydrogen-bond donors (Lipinski definition) is 0. The number of benzene rings is 2. The maximum absolute atomic E-state index is 13.9. The van der Waals surface area contributed by atoms with E-state index in [1.807, 2.05) is 0 Å². The number of nitrogens with zero attached hydrogens (tertiary/aromatic N) is 2. The number of ether oxygens (including phenoxy) is 2. The monoisotopic (exact) mass is 610 g/mol. The summed E-state index contributed by atoms with van der Waals surface area (Å²) in [7, 11) is 1.49. The number of hydrogen-bond acceptors (Lipinski definition) is 6. The highest BCUT2D eigenvalue weighted by molar-refractivity contribution is 14.1. The molecule has 0 N–H and O–H groups in total. The zero-order valence-corrected chi connectivity index (χ0v) is 22.1. The largest absolute Gasteiger partial charge is 0.493 e. The van der Waals surface area contributed by atoms with E-state index in [0.29, 0.717) is 39.3 Å². The number of carbonyl (C=O) groups is 3. The summed E-state index contributed by atoms with van der Waals surface area (Å²) in [4.78, 5) is 40.9. The Bertz CT molecular complexity index is 1180. The summed E-state index contributed by atoms with van der Waals surface area (Å²) < 4.78 is 25.9. The lowest BCUT2D eigenvalue weighted by atomic mass is 10.1. The first kappa shape index (κ1) is 25.5. The van der Waals surface area contributed by atoms with Crippen molar-refractivity contribution in [1.29, 1.82) is 0 Å². The van der Waals surface area contributed by atoms with Crippen molar-refractivity contribution in [1.82, 2.24) is 9.80 Å². The molecule has 10 heteroatoms. The Kier molecular flexibility index (Phi) is 8.32. The average molecular weight is 610 g/mol. The third-order valence-corrected chi connectivity index (χ3v) is 7.46. The standard InChI is InChI=1S/C25H24FIN2O5S/c1-33-20-12-16(11-19(27)23(20)34-15-17-7-3-4-8-18(17)26)13-21-24(31)29(25(32)35-21)14-22(30)28-9-5-2-6-10-28/h3-4,7-8,11-13H,2,5-6,9-10,14-15H2,1H3/b21-13-. The smallest absolute Gasteiger partial charge is 0.294 e. The van der Waals surface area contributed by atoms with Crippen molar-refractivity contribution in [3.8, 4) is 11.5 Å². The Labute approximate surface area is 220 Å². The highest BCUT2D eigenvalue weighted by Gasteiger charge is 2.37. The van der Waals surface area contributed by atoms with E-state index < -0.39 is 11.1 Å². The Morgan fingerprint density at radius 1 is 1.17 bits per heavy atom. The topological polar surface area (TPSA) is 76.2 Å². The summed E-state index contributed by atoms with van der Waals surface area (Å²) in [5.74, 6) is -0.180. The molecule has 2 aliphatic heterocycles. The van der Waals surface area contributed by atoms with Gasteiger partial charge in [0, 0.05) is 18.7 Å². The van der Waals surface area contributed by atoms with Crippen molar-refractivity contribution in [2.24, 2.45) is 0 Å². The molecule has 0 spiro atoms. The molecule has 2 aromatic carbocycles. The zero-order valence-electron chi connectivity index (χ0n) is 19.1. The summed E-state index contributed by atoms with van der Waals surface area (Å²) in [6.07, 6.45) is 4.56. The molecule has 2 aromatic rings. The van der Waals surface area contributed by atoms with Gasteiger partial charge in [-0.25, -0.2) is 4.39 Å². The number of piperidine rings is 1. The van der Waals surface area contributed by atoms with Gasteiger partial charge in [-0.1, -0.05) is 18.2 Å². The van der Waals surface area contributed by atoms with E-state index in [-0.39, 0.29) is 29.8 Å². The number of halogens is 2. The third-order valence-electron chi connectivity index (χ3n) is 5.76. The second-order valence-corrected chi connectivity index (χ2v) is 10.3. The second kappa shape index (κ2) is 11.4. The number of methoxy groups -OCH3 is 1. The summed E-state index contributed by atoms with van der Waals surface area (Å²) >= 11 is 2.89. The fraction of sp³-hybridized carbons (Fsp3) is 0.320. The quantitative estimate of drug-likeness (QED) is 0.322. The van der Waals surface area contributed by atoms with Crippen LogP contribution in [0.1, 0.15) is 30.4 Å². The Balaban J connectivity index is 1.49. The van der Waals surface area contributed by atoms with Crippen LogP contribution in [0.15, 0.2) is 41.3 Å². The van der Waals surface area contributed by atoms with Gasteiger partial charge in [-0.2, -0.15) is 0 Å². The van der Waals surface area contributed by atoms with E-state index in [1.165, 1.54) is 13.2 Å². The fourth-order valence-corrected chi connectivity index (χ4v) is 5.51. The van der Waals surface area contributed by atoms with Crippen LogP contribution in [0.25, 0.3) is 6.08 Å². The highest BCUT2D eigenvalue weighted by Crippen LogP contribution is 2.37. The summed E-state index contributed by atoms with van der Waals surface area (Å²) in [5.41, 5.74) is 1.06. The molecule has 35 heavy (non-hydrogen) atoms. The van der Waals surface area contributed by atoms with Gasteiger partial charge in [0.1, 0.15) is 19.0 Å². The first-order chi connectivity index (χ1) is 16.9. The molecule has 4 rings (SSSR count). The normalized spacial score (nSPS) is 17.3. The Hall–Kier alpha value is -2.60. The van der Waals surface area contributed by atoms with Gasteiger partial charge in [0.15, 0.2) is 11.5 Å². The molecular formula is C25H24FIN2O5S. The molecule has 0 unspecified atom stereocenters. The van der Waals surface area contributed by atoms with Gasteiger partial charge in [-0.05, 0) is 83.5 Å². The van der Waals surface area contributed by atoms with Crippen LogP contribution in [-0.2, 0) is 16.2 Å². The van der Waals surface area contributed by atoms with E-state index in [9.17, 15) is 18.8 Å². The molecule has 3 amide bonds. The summed E-state index contributed by atoms with van der Waals surface area (Å²) in [6.45, 7) is 1.11. The molecular weight excluding hydrogens is 586 g/mol. The van der Waals surface area contributed by atoms with Gasteiger partial charge in [0.05, 0.1) is 15.6 Å². The molecule has 184 valence electrons. The molecule has 2 heterocycles. The minimum absolute atomic E-state index is 0.0301. The predicted octanol–water partition coefficient (Wildman–Crippen LogP) is 5.07. The fourth-order valence-electron chi connectivity index (χ4n) is 3.89. The van der Waals surface area contributed by atoms with Gasteiger partial charge in [-0.3, -0.25) is 19.3 Å². The maximum atomic E-state index is 13.9. The Morgan fingerprint density at radius 2 is 1.91 bits per heavy atom. The van der Waals surface area contributed by atoms with Crippen LogP contribution < -0.4 is 9.47 Å². The maximum Gasteiger partial charge on any atom is 0.294 e. The van der Waals surface area contributed by atoms with Crippen molar-refractivity contribution in [2.75, 3.05) is 26.7 Å². The molecule has 0 saturated carbocycles. The molecule has 0 aliphatic carbocycles. The lowest BCUT2D eigenvalue weighted by Crippen LogP contribution is -2.44. The van der Waals surface area contributed by atoms with Gasteiger partial charge < -0.3 is 14.4 Å². The summed E-state index contributed by atoms with van der Waals surface area (Å²) in [5, 5.41) is -0.460. The predicted molar refractivity (Wildman–Crippen MR) is 140 cm³/mol. The van der Waals surface area contributed by atoms with Crippen molar-refractivity contribution in [3.05, 3.63) is 61.8 Å². The number of rotatable bonds is 7. The zero-order chi connectivity index (χ0) is 24.9. The Morgan fingerprint density at radius 3 is 2.63 bits per heavy atom. The van der Waals surface area contributed by atoms with E-state index in [2.05, 4.69) is 22.6 Å². The van der Waals surface area contributed by atoms with Crippen LogP contribution >= 0.6 is 34.4 Å². The lowest BCUT2D eigenvalue weighted by molar-refractivity contribution is -0.136. The van der Waals surface area contributed by atoms with Gasteiger partial charge >= 0.3 is 0 Å². The van der Waals surface area contributed by atoms with E-state index in [1.54, 1.807) is 41.3 Å². The van der Waals surface area contributed by atoms with E-state index in [0.717, 1.165) is 35.9 Å². The van der Waals surface area contributed by atoms with E-state index in [4.69, 9.17) is 9.47 Å². The number of carbonyl (C=O) groups excluding carboxylic acids is 3. The molecule has 0 aromatic heterocycles. The van der Waals surface area contributed by atoms with Crippen LogP contribution in [0.5, 0.6) is 11.5 Å². The first-order valence-electron chi connectivity index (χ1n) is 11.1. The number of thioether (sulfide) groups is 1. The number of amides is 3. The van der Waals surface area contributed by atoms with Crippen molar-refractivity contribution < 1.29 is 28.2 Å². The van der Waals surface area contributed by atoms with Gasteiger partial charge in [0.25, 0.3) is 11.1 Å². The highest BCUT2D eigenvalue weighted by atomic mass is 127. The molecule has 0 bridgehead atoms. The second-order valence-electron chi connectivity index (χ2n) is 8.12. The van der Waals surface area contributed by atoms with Crippen molar-refractivity contribution in [3.63, 3.8) is 0 Å². The molecule has 7 nitrogen and oxygen atoms in total. The minimum atomic E-state index is -0.487. The third kappa shape index (κ3) is 5.97. The molecule has 2 fully saturated rings. The molecule has 2 saturated heterocycles. The van der Waals surface area contributed by atoms with Crippen molar-refractivity contribution in [2.45, 2.75) is 25.9 Å². The number of imide groups is 1.